The number of rotatable bonds is 5. The molecule has 0 radical (unpaired) electrons. The van der Waals surface area contributed by atoms with Crippen LogP contribution in [-0.2, 0) is 4.74 Å². The number of nitrogens with zero attached hydrogens (tertiary/aromatic N) is 1. The zero-order valence-electron chi connectivity index (χ0n) is 14.9. The highest BCUT2D eigenvalue weighted by atomic mass is 35.5. The lowest BCUT2D eigenvalue weighted by Crippen LogP contribution is -2.44. The number of anilines is 1. The molecule has 1 aliphatic heterocycles. The summed E-state index contributed by atoms with van der Waals surface area (Å²) in [4.78, 5) is 2.40. The molecular weight excluding hydrogens is 366 g/mol. The van der Waals surface area contributed by atoms with Crippen LogP contribution in [-0.4, -0.2) is 42.9 Å². The van der Waals surface area contributed by atoms with Crippen molar-refractivity contribution in [2.75, 3.05) is 38.2 Å². The van der Waals surface area contributed by atoms with E-state index >= 15 is 0 Å². The molecule has 138 valence electrons. The molecule has 0 bridgehead atoms. The van der Waals surface area contributed by atoms with Gasteiger partial charge in [0.15, 0.2) is 5.11 Å². The monoisotopic (exact) mass is 389 g/mol. The van der Waals surface area contributed by atoms with Crippen molar-refractivity contribution in [2.45, 2.75) is 13.0 Å². The molecule has 26 heavy (non-hydrogen) atoms. The van der Waals surface area contributed by atoms with E-state index < -0.39 is 0 Å². The van der Waals surface area contributed by atoms with Crippen LogP contribution in [0, 0.1) is 6.92 Å². The highest BCUT2D eigenvalue weighted by Gasteiger charge is 2.19. The second-order valence-electron chi connectivity index (χ2n) is 6.44. The summed E-state index contributed by atoms with van der Waals surface area (Å²) < 4.78 is 5.46. The molecule has 1 fully saturated rings. The van der Waals surface area contributed by atoms with Crippen molar-refractivity contribution in [3.8, 4) is 0 Å². The summed E-state index contributed by atoms with van der Waals surface area (Å²) in [5.74, 6) is 0. The van der Waals surface area contributed by atoms with Gasteiger partial charge in [-0.1, -0.05) is 48.0 Å². The molecule has 1 atom stereocenters. The molecule has 6 heteroatoms. The number of hydrogen-bond acceptors (Lipinski definition) is 3. The second kappa shape index (κ2) is 9.33. The van der Waals surface area contributed by atoms with Gasteiger partial charge in [0.1, 0.15) is 0 Å². The minimum Gasteiger partial charge on any atom is -0.379 e. The van der Waals surface area contributed by atoms with Crippen LogP contribution in [0.3, 0.4) is 0 Å². The molecule has 0 aromatic heterocycles. The minimum atomic E-state index is 0.107. The number of aryl methyl sites for hydroxylation is 1. The lowest BCUT2D eigenvalue weighted by molar-refractivity contribution is 0.0344. The Balaban J connectivity index is 1.67. The first-order valence-corrected chi connectivity index (χ1v) is 9.59. The fourth-order valence-corrected chi connectivity index (χ4v) is 3.40. The maximum atomic E-state index is 6.21. The third-order valence-corrected chi connectivity index (χ3v) is 5.11. The molecule has 1 heterocycles. The normalized spacial score (nSPS) is 16.1. The number of thiocarbonyl (C=S) groups is 1. The van der Waals surface area contributed by atoms with Crippen LogP contribution in [0.1, 0.15) is 17.2 Å². The molecule has 2 aromatic rings. The van der Waals surface area contributed by atoms with E-state index in [2.05, 4.69) is 39.8 Å². The zero-order chi connectivity index (χ0) is 18.4. The number of hydrogen-bond donors (Lipinski definition) is 2. The fraction of sp³-hybridized carbons (Fsp3) is 0.350. The average molecular weight is 390 g/mol. The second-order valence-corrected chi connectivity index (χ2v) is 7.25. The van der Waals surface area contributed by atoms with Crippen LogP contribution in [0.4, 0.5) is 5.69 Å². The van der Waals surface area contributed by atoms with Gasteiger partial charge in [-0.3, -0.25) is 4.90 Å². The van der Waals surface area contributed by atoms with Crippen molar-refractivity contribution in [2.24, 2.45) is 0 Å². The summed E-state index contributed by atoms with van der Waals surface area (Å²) in [5.41, 5.74) is 3.15. The van der Waals surface area contributed by atoms with Gasteiger partial charge in [-0.05, 0) is 42.4 Å². The van der Waals surface area contributed by atoms with Gasteiger partial charge in [0.25, 0.3) is 0 Å². The van der Waals surface area contributed by atoms with E-state index in [9.17, 15) is 0 Å². The molecule has 0 aliphatic carbocycles. The highest BCUT2D eigenvalue weighted by Crippen LogP contribution is 2.20. The predicted octanol–water partition coefficient (Wildman–Crippen LogP) is 4.01. The Labute approximate surface area is 165 Å². The largest absolute Gasteiger partial charge is 0.379 e. The van der Waals surface area contributed by atoms with Crippen LogP contribution in [0.5, 0.6) is 0 Å². The van der Waals surface area contributed by atoms with Crippen molar-refractivity contribution < 1.29 is 4.74 Å². The van der Waals surface area contributed by atoms with Gasteiger partial charge in [0.05, 0.1) is 19.3 Å². The molecule has 0 unspecified atom stereocenters. The SMILES string of the molecule is Cc1ccc(NC(=S)N[C@@H](CN2CCOCC2)c2ccccc2)cc1Cl. The molecule has 0 spiro atoms. The first-order chi connectivity index (χ1) is 12.6. The Bertz CT molecular complexity index is 735. The Morgan fingerprint density at radius 3 is 2.62 bits per heavy atom. The van der Waals surface area contributed by atoms with Crippen molar-refractivity contribution >= 4 is 34.6 Å². The molecule has 1 saturated heterocycles. The number of ether oxygens (including phenoxy) is 1. The van der Waals surface area contributed by atoms with E-state index in [1.165, 1.54) is 5.56 Å². The van der Waals surface area contributed by atoms with Gasteiger partial charge < -0.3 is 15.4 Å². The van der Waals surface area contributed by atoms with Crippen molar-refractivity contribution in [1.82, 2.24) is 10.2 Å². The van der Waals surface area contributed by atoms with Gasteiger partial charge in [-0.2, -0.15) is 0 Å². The zero-order valence-corrected chi connectivity index (χ0v) is 16.4. The maximum absolute atomic E-state index is 6.21. The maximum Gasteiger partial charge on any atom is 0.171 e. The number of nitrogens with one attached hydrogen (secondary N) is 2. The van der Waals surface area contributed by atoms with Crippen LogP contribution < -0.4 is 10.6 Å². The summed E-state index contributed by atoms with van der Waals surface area (Å²) in [5, 5.41) is 8.02. The van der Waals surface area contributed by atoms with Gasteiger partial charge in [0.2, 0.25) is 0 Å². The van der Waals surface area contributed by atoms with Crippen LogP contribution >= 0.6 is 23.8 Å². The Morgan fingerprint density at radius 1 is 1.19 bits per heavy atom. The van der Waals surface area contributed by atoms with Gasteiger partial charge >= 0.3 is 0 Å². The van der Waals surface area contributed by atoms with Crippen molar-refractivity contribution in [3.05, 3.63) is 64.7 Å². The summed E-state index contributed by atoms with van der Waals surface area (Å²) in [6.45, 7) is 6.32. The molecule has 0 saturated carbocycles. The molecule has 0 amide bonds. The molecule has 2 aromatic carbocycles. The Kier molecular flexibility index (Phi) is 6.86. The van der Waals surface area contributed by atoms with Crippen LogP contribution in [0.15, 0.2) is 48.5 Å². The van der Waals surface area contributed by atoms with E-state index in [0.29, 0.717) is 5.11 Å². The smallest absolute Gasteiger partial charge is 0.171 e. The molecule has 3 rings (SSSR count). The minimum absolute atomic E-state index is 0.107. The van der Waals surface area contributed by atoms with E-state index in [1.807, 2.05) is 31.2 Å². The van der Waals surface area contributed by atoms with Crippen LogP contribution in [0.2, 0.25) is 5.02 Å². The number of benzene rings is 2. The lowest BCUT2D eigenvalue weighted by atomic mass is 10.1. The summed E-state index contributed by atoms with van der Waals surface area (Å²) in [6, 6.07) is 16.4. The predicted molar refractivity (Wildman–Crippen MR) is 112 cm³/mol. The molecular formula is C20H24ClN3OS. The first-order valence-electron chi connectivity index (χ1n) is 8.80. The number of morpholine rings is 1. The van der Waals surface area contributed by atoms with Crippen molar-refractivity contribution in [1.29, 1.82) is 0 Å². The van der Waals surface area contributed by atoms with E-state index in [4.69, 9.17) is 28.6 Å². The topological polar surface area (TPSA) is 36.5 Å². The fourth-order valence-electron chi connectivity index (χ4n) is 2.96. The van der Waals surface area contributed by atoms with Crippen LogP contribution in [0.25, 0.3) is 0 Å². The number of halogens is 1. The van der Waals surface area contributed by atoms with Gasteiger partial charge in [-0.25, -0.2) is 0 Å². The standard InChI is InChI=1S/C20H24ClN3OS/c1-15-7-8-17(13-18(15)21)22-20(26)23-19(16-5-3-2-4-6-16)14-24-9-11-25-12-10-24/h2-8,13,19H,9-12,14H2,1H3,(H2,22,23,26)/t19-/m0/s1. The average Bonchev–Trinajstić information content (AvgIpc) is 2.66. The quantitative estimate of drug-likeness (QED) is 0.755. The molecule has 4 nitrogen and oxygen atoms in total. The van der Waals surface area contributed by atoms with E-state index in [-0.39, 0.29) is 6.04 Å². The lowest BCUT2D eigenvalue weighted by Gasteiger charge is -2.31. The van der Waals surface area contributed by atoms with Gasteiger partial charge in [0, 0.05) is 30.3 Å². The van der Waals surface area contributed by atoms with Crippen molar-refractivity contribution in [3.63, 3.8) is 0 Å². The van der Waals surface area contributed by atoms with Gasteiger partial charge in [-0.15, -0.1) is 0 Å². The third-order valence-electron chi connectivity index (χ3n) is 4.48. The summed E-state index contributed by atoms with van der Waals surface area (Å²) >= 11 is 11.8. The molecule has 1 aliphatic rings. The first kappa shape index (κ1) is 19.1. The Hall–Kier alpha value is -1.66. The highest BCUT2D eigenvalue weighted by molar-refractivity contribution is 7.80. The summed E-state index contributed by atoms with van der Waals surface area (Å²) in [6.07, 6.45) is 0. The van der Waals surface area contributed by atoms with E-state index in [0.717, 1.165) is 49.1 Å². The Morgan fingerprint density at radius 2 is 1.92 bits per heavy atom. The summed E-state index contributed by atoms with van der Waals surface area (Å²) in [7, 11) is 0. The van der Waals surface area contributed by atoms with E-state index in [1.54, 1.807) is 0 Å². The molecule has 2 N–H and O–H groups in total. The third kappa shape index (κ3) is 5.42.